The van der Waals surface area contributed by atoms with Gasteiger partial charge in [-0.05, 0) is 87.1 Å². The van der Waals surface area contributed by atoms with E-state index in [1.807, 2.05) is 0 Å². The van der Waals surface area contributed by atoms with E-state index >= 15 is 0 Å². The van der Waals surface area contributed by atoms with Crippen LogP contribution in [0.1, 0.15) is 63.9 Å². The quantitative estimate of drug-likeness (QED) is 0.260. The van der Waals surface area contributed by atoms with Gasteiger partial charge in [0, 0.05) is 10.4 Å². The number of hydrogen-bond donors (Lipinski definition) is 2. The zero-order valence-electron chi connectivity index (χ0n) is 22.5. The van der Waals surface area contributed by atoms with Crippen LogP contribution in [-0.2, 0) is 28.5 Å². The molecule has 1 aliphatic carbocycles. The maximum absolute atomic E-state index is 13.0. The second-order valence-electron chi connectivity index (χ2n) is 9.70. The lowest BCUT2D eigenvalue weighted by atomic mass is 9.88. The molecule has 12 heteroatoms. The van der Waals surface area contributed by atoms with Crippen LogP contribution in [0.2, 0.25) is 5.02 Å². The monoisotopic (exact) mass is 608 g/mol. The van der Waals surface area contributed by atoms with Gasteiger partial charge in [0.2, 0.25) is 0 Å². The summed E-state index contributed by atoms with van der Waals surface area (Å²) >= 11 is 7.34. The van der Waals surface area contributed by atoms with E-state index in [0.717, 1.165) is 47.9 Å². The Morgan fingerprint density at radius 2 is 1.83 bits per heavy atom. The Balaban J connectivity index is 1.42. The summed E-state index contributed by atoms with van der Waals surface area (Å²) in [7, 11) is 0. The molecule has 218 valence electrons. The third kappa shape index (κ3) is 7.20. The van der Waals surface area contributed by atoms with Gasteiger partial charge in [0.05, 0.1) is 28.4 Å². The number of nitrogens with one attached hydrogen (secondary N) is 2. The van der Waals surface area contributed by atoms with E-state index in [1.54, 1.807) is 6.92 Å². The molecule has 7 nitrogen and oxygen atoms in total. The molecular formula is C29H28ClF3N2O5S. The smallest absolute Gasteiger partial charge is 0.416 e. The zero-order chi connectivity index (χ0) is 29.9. The lowest BCUT2D eigenvalue weighted by Gasteiger charge is -2.18. The van der Waals surface area contributed by atoms with E-state index in [0.29, 0.717) is 22.0 Å². The van der Waals surface area contributed by atoms with Gasteiger partial charge in [0.1, 0.15) is 10.8 Å². The fourth-order valence-electron chi connectivity index (χ4n) is 4.41. The van der Waals surface area contributed by atoms with Gasteiger partial charge in [-0.1, -0.05) is 18.5 Å². The van der Waals surface area contributed by atoms with Crippen LogP contribution in [0.5, 0.6) is 5.75 Å². The van der Waals surface area contributed by atoms with E-state index in [1.165, 1.54) is 42.5 Å². The van der Waals surface area contributed by atoms with E-state index < -0.39 is 35.6 Å². The van der Waals surface area contributed by atoms with Gasteiger partial charge in [-0.2, -0.15) is 13.2 Å². The summed E-state index contributed by atoms with van der Waals surface area (Å²) in [5, 5.41) is 5.59. The number of alkyl halides is 3. The molecule has 0 saturated heterocycles. The zero-order valence-corrected chi connectivity index (χ0v) is 24.1. The summed E-state index contributed by atoms with van der Waals surface area (Å²) < 4.78 is 49.9. The number of ether oxygens (including phenoxy) is 2. The molecule has 2 atom stereocenters. The lowest BCUT2D eigenvalue weighted by molar-refractivity contribution is -0.137. The number of anilines is 2. The summed E-state index contributed by atoms with van der Waals surface area (Å²) in [6.45, 7) is 5.52. The van der Waals surface area contributed by atoms with Crippen molar-refractivity contribution < 1.29 is 37.0 Å². The highest BCUT2D eigenvalue weighted by Gasteiger charge is 2.32. The van der Waals surface area contributed by atoms with Crippen molar-refractivity contribution in [2.75, 3.05) is 17.2 Å². The first-order chi connectivity index (χ1) is 19.4. The van der Waals surface area contributed by atoms with Crippen molar-refractivity contribution in [3.05, 3.63) is 74.6 Å². The largest absolute Gasteiger partial charge is 0.481 e. The maximum atomic E-state index is 13.0. The molecule has 2 aromatic carbocycles. The number of benzene rings is 2. The second-order valence-corrected chi connectivity index (χ2v) is 11.2. The number of esters is 1. The highest BCUT2D eigenvalue weighted by molar-refractivity contribution is 7.17. The molecule has 0 bridgehead atoms. The number of rotatable bonds is 8. The first kappa shape index (κ1) is 30.4. The normalized spacial score (nSPS) is 15.4. The molecular weight excluding hydrogens is 581 g/mol. The third-order valence-electron chi connectivity index (χ3n) is 6.57. The SMILES string of the molecule is CCOC(=O)c1c(NC(=O)c2ccc(O[C@@H](C)C(=O)Nc3cc(C(F)(F)F)ccc3Cl)cc2)sc2c1CC[C@H](C)C2. The summed E-state index contributed by atoms with van der Waals surface area (Å²) in [5.74, 6) is -0.863. The number of thiophene rings is 1. The predicted octanol–water partition coefficient (Wildman–Crippen LogP) is 7.38. The number of halogens is 4. The van der Waals surface area contributed by atoms with Gasteiger partial charge >= 0.3 is 12.1 Å². The Kier molecular flexibility index (Phi) is 9.28. The highest BCUT2D eigenvalue weighted by atomic mass is 35.5. The minimum absolute atomic E-state index is 0.0545. The number of fused-ring (bicyclic) bond motifs is 1. The van der Waals surface area contributed by atoms with Crippen molar-refractivity contribution in [1.82, 2.24) is 0 Å². The summed E-state index contributed by atoms with van der Waals surface area (Å²) in [6, 6.07) is 8.60. The van der Waals surface area contributed by atoms with Gasteiger partial charge < -0.3 is 20.1 Å². The van der Waals surface area contributed by atoms with Crippen LogP contribution in [-0.4, -0.2) is 30.5 Å². The lowest BCUT2D eigenvalue weighted by Crippen LogP contribution is -2.30. The Morgan fingerprint density at radius 3 is 2.49 bits per heavy atom. The summed E-state index contributed by atoms with van der Waals surface area (Å²) in [6.07, 6.45) is -3.15. The van der Waals surface area contributed by atoms with Gasteiger partial charge in [0.15, 0.2) is 6.10 Å². The molecule has 1 aromatic heterocycles. The Labute approximate surface area is 244 Å². The highest BCUT2D eigenvalue weighted by Crippen LogP contribution is 2.40. The maximum Gasteiger partial charge on any atom is 0.416 e. The summed E-state index contributed by atoms with van der Waals surface area (Å²) in [5.41, 5.74) is 0.490. The molecule has 0 unspecified atom stereocenters. The third-order valence-corrected chi connectivity index (χ3v) is 8.07. The number of carbonyl (C=O) groups is 3. The molecule has 0 aliphatic heterocycles. The molecule has 41 heavy (non-hydrogen) atoms. The molecule has 0 spiro atoms. The number of amides is 2. The number of hydrogen-bond acceptors (Lipinski definition) is 6. The standard InChI is InChI=1S/C29H28ClF3N2O5S/c1-4-39-28(38)24-20-11-5-15(2)13-23(20)41-27(24)35-26(37)17-6-9-19(10-7-17)40-16(3)25(36)34-22-14-18(29(31,32)33)8-12-21(22)30/h6-10,12,14-16H,4-5,11,13H2,1-3H3,(H,34,36)(H,35,37)/t15-,16-/m0/s1. The fraction of sp³-hybridized carbons (Fsp3) is 0.345. The van der Waals surface area contributed by atoms with Crippen molar-refractivity contribution in [2.24, 2.45) is 5.92 Å². The molecule has 0 radical (unpaired) electrons. The van der Waals surface area contributed by atoms with Crippen molar-refractivity contribution in [2.45, 2.75) is 52.3 Å². The molecule has 4 rings (SSSR count). The fourth-order valence-corrected chi connectivity index (χ4v) is 5.97. The Morgan fingerprint density at radius 1 is 1.12 bits per heavy atom. The minimum atomic E-state index is -4.60. The van der Waals surface area contributed by atoms with Gasteiger partial charge in [-0.25, -0.2) is 4.79 Å². The summed E-state index contributed by atoms with van der Waals surface area (Å²) in [4.78, 5) is 39.4. The molecule has 1 heterocycles. The van der Waals surface area contributed by atoms with E-state index in [2.05, 4.69) is 17.6 Å². The van der Waals surface area contributed by atoms with Crippen LogP contribution < -0.4 is 15.4 Å². The van der Waals surface area contributed by atoms with E-state index in [4.69, 9.17) is 21.1 Å². The van der Waals surface area contributed by atoms with E-state index in [-0.39, 0.29) is 23.1 Å². The van der Waals surface area contributed by atoms with Crippen molar-refractivity contribution in [1.29, 1.82) is 0 Å². The predicted molar refractivity (Wildman–Crippen MR) is 151 cm³/mol. The average molecular weight is 609 g/mol. The molecule has 0 fully saturated rings. The first-order valence-electron chi connectivity index (χ1n) is 12.9. The van der Waals surface area contributed by atoms with Crippen LogP contribution in [0.25, 0.3) is 0 Å². The van der Waals surface area contributed by atoms with Crippen molar-refractivity contribution >= 4 is 51.4 Å². The second kappa shape index (κ2) is 12.5. The minimum Gasteiger partial charge on any atom is -0.481 e. The van der Waals surface area contributed by atoms with Gasteiger partial charge in [-0.15, -0.1) is 11.3 Å². The van der Waals surface area contributed by atoms with Crippen molar-refractivity contribution in [3.63, 3.8) is 0 Å². The molecule has 0 saturated carbocycles. The van der Waals surface area contributed by atoms with Crippen LogP contribution in [0, 0.1) is 5.92 Å². The van der Waals surface area contributed by atoms with Gasteiger partial charge in [0.25, 0.3) is 11.8 Å². The van der Waals surface area contributed by atoms with Crippen LogP contribution in [0.4, 0.5) is 23.9 Å². The van der Waals surface area contributed by atoms with Crippen molar-refractivity contribution in [3.8, 4) is 5.75 Å². The average Bonchev–Trinajstić information content (AvgIpc) is 3.26. The van der Waals surface area contributed by atoms with Crippen LogP contribution in [0.3, 0.4) is 0 Å². The van der Waals surface area contributed by atoms with Crippen LogP contribution in [0.15, 0.2) is 42.5 Å². The number of carbonyl (C=O) groups excluding carboxylic acids is 3. The first-order valence-corrected chi connectivity index (χ1v) is 14.1. The molecule has 2 amide bonds. The van der Waals surface area contributed by atoms with E-state index in [9.17, 15) is 27.6 Å². The Hall–Kier alpha value is -3.57. The van der Waals surface area contributed by atoms with Crippen LogP contribution >= 0.6 is 22.9 Å². The topological polar surface area (TPSA) is 93.7 Å². The van der Waals surface area contributed by atoms with Gasteiger partial charge in [-0.3, -0.25) is 9.59 Å². The molecule has 3 aromatic rings. The molecule has 2 N–H and O–H groups in total. The Bertz CT molecular complexity index is 1460. The molecule has 1 aliphatic rings.